The lowest BCUT2D eigenvalue weighted by Gasteiger charge is -2.13. The number of aryl methyl sites for hydroxylation is 1. The third kappa shape index (κ3) is 5.02. The van der Waals surface area contributed by atoms with Gasteiger partial charge in [-0.1, -0.05) is 5.16 Å². The summed E-state index contributed by atoms with van der Waals surface area (Å²) in [6.07, 6.45) is 1.41. The summed E-state index contributed by atoms with van der Waals surface area (Å²) in [5.74, 6) is 3.18. The summed E-state index contributed by atoms with van der Waals surface area (Å²) < 4.78 is 27.4. The molecule has 0 fully saturated rings. The normalized spacial score (nSPS) is 14.4. The molecule has 3 aromatic rings. The number of ether oxygens (including phenoxy) is 4. The number of methoxy groups -OCH3 is 2. The highest BCUT2D eigenvalue weighted by Crippen LogP contribution is 2.38. The van der Waals surface area contributed by atoms with Crippen molar-refractivity contribution in [3.05, 3.63) is 41.8 Å². The molecule has 174 valence electrons. The lowest BCUT2D eigenvalue weighted by atomic mass is 10.1. The molecular weight excluding hydrogens is 426 g/mol. The fourth-order valence-electron chi connectivity index (χ4n) is 3.69. The Hall–Kier alpha value is -3.75. The topological polar surface area (TPSA) is 105 Å². The van der Waals surface area contributed by atoms with E-state index in [1.165, 1.54) is 0 Å². The summed E-state index contributed by atoms with van der Waals surface area (Å²) in [5, 5.41) is 6.93. The number of nitrogens with zero attached hydrogens (tertiary/aromatic N) is 2. The lowest BCUT2D eigenvalue weighted by molar-refractivity contribution is -0.116. The van der Waals surface area contributed by atoms with Crippen LogP contribution in [0, 0.1) is 0 Å². The maximum absolute atomic E-state index is 12.6. The summed E-state index contributed by atoms with van der Waals surface area (Å²) in [5.41, 5.74) is 2.39. The van der Waals surface area contributed by atoms with E-state index in [1.807, 2.05) is 32.0 Å². The Labute approximate surface area is 192 Å². The van der Waals surface area contributed by atoms with Gasteiger partial charge in [0.15, 0.2) is 11.5 Å². The predicted molar refractivity (Wildman–Crippen MR) is 121 cm³/mol. The molecule has 9 nitrogen and oxygen atoms in total. The summed E-state index contributed by atoms with van der Waals surface area (Å²) >= 11 is 0. The Bertz CT molecular complexity index is 1140. The van der Waals surface area contributed by atoms with E-state index in [0.717, 1.165) is 23.3 Å². The lowest BCUT2D eigenvalue weighted by Crippen LogP contribution is -2.13. The minimum Gasteiger partial charge on any atom is -0.493 e. The number of amides is 1. The van der Waals surface area contributed by atoms with Crippen molar-refractivity contribution in [1.29, 1.82) is 0 Å². The number of aromatic nitrogens is 2. The molecule has 9 heteroatoms. The third-order valence-corrected chi connectivity index (χ3v) is 5.25. The SMILES string of the molecule is CCOc1cc2c(cc1NC(=O)CCc1nc(-c3ccc(OC)c(OC)c3)no1)O[C@@H](C)C2. The molecule has 1 atom stereocenters. The highest BCUT2D eigenvalue weighted by molar-refractivity contribution is 5.92. The Morgan fingerprint density at radius 3 is 2.73 bits per heavy atom. The number of rotatable bonds is 9. The first-order valence-electron chi connectivity index (χ1n) is 10.8. The molecule has 0 saturated heterocycles. The molecule has 0 radical (unpaired) electrons. The van der Waals surface area contributed by atoms with Gasteiger partial charge in [-0.2, -0.15) is 4.98 Å². The first-order valence-corrected chi connectivity index (χ1v) is 10.8. The molecular formula is C24H27N3O6. The van der Waals surface area contributed by atoms with Crippen LogP contribution in [-0.4, -0.2) is 43.0 Å². The number of hydrogen-bond donors (Lipinski definition) is 1. The van der Waals surface area contributed by atoms with Crippen molar-refractivity contribution < 1.29 is 28.3 Å². The minimum atomic E-state index is -0.187. The maximum Gasteiger partial charge on any atom is 0.227 e. The van der Waals surface area contributed by atoms with Crippen LogP contribution in [0.1, 0.15) is 31.7 Å². The van der Waals surface area contributed by atoms with Gasteiger partial charge in [-0.3, -0.25) is 4.79 Å². The van der Waals surface area contributed by atoms with Crippen LogP contribution >= 0.6 is 0 Å². The second kappa shape index (κ2) is 9.81. The smallest absolute Gasteiger partial charge is 0.227 e. The number of hydrogen-bond acceptors (Lipinski definition) is 8. The van der Waals surface area contributed by atoms with Crippen molar-refractivity contribution in [3.63, 3.8) is 0 Å². The zero-order valence-electron chi connectivity index (χ0n) is 19.1. The number of nitrogens with one attached hydrogen (secondary N) is 1. The standard InChI is InChI=1S/C24H27N3O6/c1-5-31-20-12-16-10-14(2)32-19(16)13-17(20)25-22(28)8-9-23-26-24(27-33-23)15-6-7-18(29-3)21(11-15)30-4/h6-7,11-14H,5,8-10H2,1-4H3,(H,25,28)/t14-/m0/s1. The van der Waals surface area contributed by atoms with Crippen molar-refractivity contribution in [2.45, 2.75) is 39.2 Å². The molecule has 0 bridgehead atoms. The monoisotopic (exact) mass is 453 g/mol. The van der Waals surface area contributed by atoms with Gasteiger partial charge in [0.25, 0.3) is 0 Å². The van der Waals surface area contributed by atoms with Crippen molar-refractivity contribution in [2.24, 2.45) is 0 Å². The van der Waals surface area contributed by atoms with E-state index in [1.54, 1.807) is 26.4 Å². The van der Waals surface area contributed by atoms with E-state index in [2.05, 4.69) is 15.5 Å². The molecule has 33 heavy (non-hydrogen) atoms. The molecule has 2 aromatic carbocycles. The summed E-state index contributed by atoms with van der Waals surface area (Å²) in [7, 11) is 3.13. The molecule has 2 heterocycles. The van der Waals surface area contributed by atoms with Gasteiger partial charge >= 0.3 is 0 Å². The van der Waals surface area contributed by atoms with Gasteiger partial charge in [-0.15, -0.1) is 0 Å². The molecule has 1 aliphatic heterocycles. The van der Waals surface area contributed by atoms with Crippen molar-refractivity contribution in [3.8, 4) is 34.4 Å². The van der Waals surface area contributed by atoms with E-state index < -0.39 is 0 Å². The molecule has 0 unspecified atom stereocenters. The minimum absolute atomic E-state index is 0.109. The van der Waals surface area contributed by atoms with Crippen molar-refractivity contribution in [2.75, 3.05) is 26.1 Å². The Kier molecular flexibility index (Phi) is 6.67. The maximum atomic E-state index is 12.6. The highest BCUT2D eigenvalue weighted by atomic mass is 16.5. The van der Waals surface area contributed by atoms with Crippen LogP contribution in [0.3, 0.4) is 0 Å². The van der Waals surface area contributed by atoms with Gasteiger partial charge in [0, 0.05) is 36.5 Å². The largest absolute Gasteiger partial charge is 0.493 e. The van der Waals surface area contributed by atoms with Gasteiger partial charge in [0.1, 0.15) is 17.6 Å². The molecule has 1 N–H and O–H groups in total. The number of carbonyl (C=O) groups is 1. The van der Waals surface area contributed by atoms with E-state index in [9.17, 15) is 4.79 Å². The fraction of sp³-hybridized carbons (Fsp3) is 0.375. The van der Waals surface area contributed by atoms with Crippen LogP contribution < -0.4 is 24.3 Å². The quantitative estimate of drug-likeness (QED) is 0.517. The van der Waals surface area contributed by atoms with Crippen LogP contribution in [0.5, 0.6) is 23.0 Å². The van der Waals surface area contributed by atoms with Crippen LogP contribution in [-0.2, 0) is 17.6 Å². The number of benzene rings is 2. The van der Waals surface area contributed by atoms with Gasteiger partial charge in [0.2, 0.25) is 17.6 Å². The van der Waals surface area contributed by atoms with Crippen LogP contribution in [0.25, 0.3) is 11.4 Å². The van der Waals surface area contributed by atoms with E-state index >= 15 is 0 Å². The van der Waals surface area contributed by atoms with Gasteiger partial charge in [-0.25, -0.2) is 0 Å². The Morgan fingerprint density at radius 2 is 1.97 bits per heavy atom. The zero-order chi connectivity index (χ0) is 23.4. The second-order valence-corrected chi connectivity index (χ2v) is 7.65. The number of carbonyl (C=O) groups excluding carboxylic acids is 1. The second-order valence-electron chi connectivity index (χ2n) is 7.65. The van der Waals surface area contributed by atoms with Crippen LogP contribution in [0.15, 0.2) is 34.9 Å². The Morgan fingerprint density at radius 1 is 1.15 bits per heavy atom. The van der Waals surface area contributed by atoms with E-state index in [-0.39, 0.29) is 18.4 Å². The summed E-state index contributed by atoms with van der Waals surface area (Å²) in [6.45, 7) is 4.42. The van der Waals surface area contributed by atoms with Crippen LogP contribution in [0.2, 0.25) is 0 Å². The number of fused-ring (bicyclic) bond motifs is 1. The highest BCUT2D eigenvalue weighted by Gasteiger charge is 2.23. The van der Waals surface area contributed by atoms with E-state index in [0.29, 0.717) is 47.7 Å². The first kappa shape index (κ1) is 22.4. The molecule has 1 aliphatic rings. The van der Waals surface area contributed by atoms with E-state index in [4.69, 9.17) is 23.5 Å². The van der Waals surface area contributed by atoms with Gasteiger partial charge in [0.05, 0.1) is 26.5 Å². The fourth-order valence-corrected chi connectivity index (χ4v) is 3.69. The third-order valence-electron chi connectivity index (χ3n) is 5.25. The Balaban J connectivity index is 1.40. The average Bonchev–Trinajstić information content (AvgIpc) is 3.43. The molecule has 0 saturated carbocycles. The average molecular weight is 453 g/mol. The van der Waals surface area contributed by atoms with Gasteiger partial charge < -0.3 is 28.8 Å². The number of anilines is 1. The molecule has 0 aliphatic carbocycles. The molecule has 1 aromatic heterocycles. The first-order chi connectivity index (χ1) is 16.0. The van der Waals surface area contributed by atoms with Crippen molar-refractivity contribution >= 4 is 11.6 Å². The van der Waals surface area contributed by atoms with Crippen LogP contribution in [0.4, 0.5) is 5.69 Å². The zero-order valence-corrected chi connectivity index (χ0v) is 19.1. The van der Waals surface area contributed by atoms with Gasteiger partial charge in [-0.05, 0) is 38.1 Å². The molecule has 1 amide bonds. The summed E-state index contributed by atoms with van der Waals surface area (Å²) in [6, 6.07) is 9.12. The molecule has 0 spiro atoms. The predicted octanol–water partition coefficient (Wildman–Crippen LogP) is 4.05. The van der Waals surface area contributed by atoms with Crippen molar-refractivity contribution in [1.82, 2.24) is 10.1 Å². The molecule has 4 rings (SSSR count). The summed E-state index contributed by atoms with van der Waals surface area (Å²) in [4.78, 5) is 17.0.